The molecule has 0 spiro atoms. The standard InChI is InChI=1S/C19H16Cl2/c1-12-11-18(20)13(2)10-17(12)19(21)16-9-5-7-14-6-3-4-8-15(14)16/h3-11,19H,1-2H3. The lowest BCUT2D eigenvalue weighted by molar-refractivity contribution is 1.12. The molecule has 0 aliphatic carbocycles. The van der Waals surface area contributed by atoms with Crippen LogP contribution in [0.2, 0.25) is 5.02 Å². The Morgan fingerprint density at radius 1 is 0.810 bits per heavy atom. The van der Waals surface area contributed by atoms with E-state index in [1.54, 1.807) is 0 Å². The smallest absolute Gasteiger partial charge is 0.0844 e. The van der Waals surface area contributed by atoms with Crippen LogP contribution in [0.25, 0.3) is 10.8 Å². The van der Waals surface area contributed by atoms with Crippen molar-refractivity contribution in [2.45, 2.75) is 19.2 Å². The predicted molar refractivity (Wildman–Crippen MR) is 92.6 cm³/mol. The lowest BCUT2D eigenvalue weighted by Gasteiger charge is -2.17. The van der Waals surface area contributed by atoms with E-state index in [1.165, 1.54) is 10.8 Å². The van der Waals surface area contributed by atoms with Crippen molar-refractivity contribution in [3.63, 3.8) is 0 Å². The fourth-order valence-electron chi connectivity index (χ4n) is 2.72. The molecule has 1 atom stereocenters. The van der Waals surface area contributed by atoms with Gasteiger partial charge in [0.15, 0.2) is 0 Å². The zero-order valence-corrected chi connectivity index (χ0v) is 13.5. The van der Waals surface area contributed by atoms with Gasteiger partial charge in [0.25, 0.3) is 0 Å². The summed E-state index contributed by atoms with van der Waals surface area (Å²) in [6, 6.07) is 18.7. The average molecular weight is 315 g/mol. The second kappa shape index (κ2) is 5.71. The van der Waals surface area contributed by atoms with Gasteiger partial charge in [-0.25, -0.2) is 0 Å². The number of aryl methyl sites for hydroxylation is 2. The van der Waals surface area contributed by atoms with E-state index in [1.807, 2.05) is 19.1 Å². The van der Waals surface area contributed by atoms with Crippen LogP contribution in [0.4, 0.5) is 0 Å². The van der Waals surface area contributed by atoms with E-state index in [0.29, 0.717) is 0 Å². The van der Waals surface area contributed by atoms with Gasteiger partial charge in [0, 0.05) is 5.02 Å². The van der Waals surface area contributed by atoms with Crippen LogP contribution in [0.15, 0.2) is 54.6 Å². The molecule has 1 unspecified atom stereocenters. The van der Waals surface area contributed by atoms with E-state index in [2.05, 4.69) is 49.4 Å². The van der Waals surface area contributed by atoms with E-state index in [0.717, 1.165) is 27.3 Å². The van der Waals surface area contributed by atoms with E-state index in [4.69, 9.17) is 23.2 Å². The maximum absolute atomic E-state index is 6.80. The number of alkyl halides is 1. The Labute approximate surface area is 135 Å². The summed E-state index contributed by atoms with van der Waals surface area (Å²) in [5, 5.41) is 3.03. The molecule has 2 heteroatoms. The highest BCUT2D eigenvalue weighted by Gasteiger charge is 2.16. The SMILES string of the molecule is Cc1cc(C(Cl)c2cccc3ccccc23)c(C)cc1Cl. The first kappa shape index (κ1) is 14.4. The summed E-state index contributed by atoms with van der Waals surface area (Å²) in [5.41, 5.74) is 4.44. The minimum Gasteiger partial charge on any atom is -0.113 e. The summed E-state index contributed by atoms with van der Waals surface area (Å²) < 4.78 is 0. The van der Waals surface area contributed by atoms with E-state index in [-0.39, 0.29) is 5.38 Å². The van der Waals surface area contributed by atoms with Crippen molar-refractivity contribution in [3.05, 3.63) is 81.9 Å². The summed E-state index contributed by atoms with van der Waals surface area (Å²) in [7, 11) is 0. The largest absolute Gasteiger partial charge is 0.113 e. The highest BCUT2D eigenvalue weighted by molar-refractivity contribution is 6.31. The topological polar surface area (TPSA) is 0 Å². The average Bonchev–Trinajstić information content (AvgIpc) is 2.49. The van der Waals surface area contributed by atoms with Crippen molar-refractivity contribution in [3.8, 4) is 0 Å². The number of hydrogen-bond acceptors (Lipinski definition) is 0. The van der Waals surface area contributed by atoms with Crippen LogP contribution in [0, 0.1) is 13.8 Å². The maximum atomic E-state index is 6.80. The highest BCUT2D eigenvalue weighted by atomic mass is 35.5. The van der Waals surface area contributed by atoms with Crippen LogP contribution < -0.4 is 0 Å². The Balaban J connectivity index is 2.17. The van der Waals surface area contributed by atoms with Crippen LogP contribution in [0.1, 0.15) is 27.6 Å². The van der Waals surface area contributed by atoms with Gasteiger partial charge in [-0.1, -0.05) is 60.1 Å². The van der Waals surface area contributed by atoms with Gasteiger partial charge in [-0.3, -0.25) is 0 Å². The number of benzene rings is 3. The van der Waals surface area contributed by atoms with Gasteiger partial charge in [-0.2, -0.15) is 0 Å². The molecule has 106 valence electrons. The molecule has 3 rings (SSSR count). The quantitative estimate of drug-likeness (QED) is 0.477. The summed E-state index contributed by atoms with van der Waals surface area (Å²) in [6.45, 7) is 4.07. The molecular weight excluding hydrogens is 299 g/mol. The molecule has 0 bridgehead atoms. The van der Waals surface area contributed by atoms with Crippen LogP contribution in [-0.2, 0) is 0 Å². The normalized spacial score (nSPS) is 12.6. The fourth-order valence-corrected chi connectivity index (χ4v) is 3.36. The van der Waals surface area contributed by atoms with Gasteiger partial charge in [0.2, 0.25) is 0 Å². The van der Waals surface area contributed by atoms with E-state index in [9.17, 15) is 0 Å². The minimum absolute atomic E-state index is 0.174. The lowest BCUT2D eigenvalue weighted by atomic mass is 9.94. The van der Waals surface area contributed by atoms with Crippen molar-refractivity contribution in [2.24, 2.45) is 0 Å². The first-order chi connectivity index (χ1) is 10.1. The zero-order chi connectivity index (χ0) is 15.0. The second-order valence-corrected chi connectivity index (χ2v) is 6.23. The monoisotopic (exact) mass is 314 g/mol. The van der Waals surface area contributed by atoms with E-state index < -0.39 is 0 Å². The molecule has 0 aliphatic rings. The molecule has 0 amide bonds. The lowest BCUT2D eigenvalue weighted by Crippen LogP contribution is -1.98. The third kappa shape index (κ3) is 2.66. The summed E-state index contributed by atoms with van der Waals surface area (Å²) in [6.07, 6.45) is 0. The highest BCUT2D eigenvalue weighted by Crippen LogP contribution is 2.36. The molecule has 21 heavy (non-hydrogen) atoms. The van der Waals surface area contributed by atoms with Crippen molar-refractivity contribution in [1.29, 1.82) is 0 Å². The number of halogens is 2. The van der Waals surface area contributed by atoms with Gasteiger partial charge in [0.05, 0.1) is 5.38 Å². The summed E-state index contributed by atoms with van der Waals surface area (Å²) >= 11 is 13.0. The van der Waals surface area contributed by atoms with Crippen molar-refractivity contribution in [2.75, 3.05) is 0 Å². The Kier molecular flexibility index (Phi) is 3.93. The third-order valence-corrected chi connectivity index (χ3v) is 4.79. The molecule has 0 nitrogen and oxygen atoms in total. The molecule has 0 saturated carbocycles. The fraction of sp³-hybridized carbons (Fsp3) is 0.158. The van der Waals surface area contributed by atoms with Gasteiger partial charge in [0.1, 0.15) is 0 Å². The van der Waals surface area contributed by atoms with Crippen molar-refractivity contribution in [1.82, 2.24) is 0 Å². The molecule has 0 fully saturated rings. The molecule has 0 aliphatic heterocycles. The molecular formula is C19H16Cl2. The van der Waals surface area contributed by atoms with Crippen molar-refractivity contribution < 1.29 is 0 Å². The van der Waals surface area contributed by atoms with Crippen LogP contribution in [0.3, 0.4) is 0 Å². The van der Waals surface area contributed by atoms with Crippen LogP contribution >= 0.6 is 23.2 Å². The first-order valence-corrected chi connectivity index (χ1v) is 7.78. The van der Waals surface area contributed by atoms with Crippen molar-refractivity contribution >= 4 is 34.0 Å². The van der Waals surface area contributed by atoms with Crippen LogP contribution in [0.5, 0.6) is 0 Å². The van der Waals surface area contributed by atoms with Gasteiger partial charge in [-0.05, 0) is 52.9 Å². The van der Waals surface area contributed by atoms with E-state index >= 15 is 0 Å². The molecule has 0 aromatic heterocycles. The Morgan fingerprint density at radius 2 is 1.52 bits per heavy atom. The van der Waals surface area contributed by atoms with Gasteiger partial charge < -0.3 is 0 Å². The second-order valence-electron chi connectivity index (χ2n) is 5.39. The molecule has 3 aromatic rings. The zero-order valence-electron chi connectivity index (χ0n) is 12.0. The summed E-state index contributed by atoms with van der Waals surface area (Å²) in [5.74, 6) is 0. The first-order valence-electron chi connectivity index (χ1n) is 6.96. The third-order valence-electron chi connectivity index (χ3n) is 3.92. The molecule has 0 N–H and O–H groups in total. The minimum atomic E-state index is -0.174. The number of fused-ring (bicyclic) bond motifs is 1. The molecule has 0 radical (unpaired) electrons. The van der Waals surface area contributed by atoms with Crippen LogP contribution in [-0.4, -0.2) is 0 Å². The Bertz CT molecular complexity index is 801. The Hall–Kier alpha value is -1.50. The molecule has 3 aromatic carbocycles. The molecule has 0 saturated heterocycles. The molecule has 0 heterocycles. The predicted octanol–water partition coefficient (Wildman–Crippen LogP) is 6.44. The Morgan fingerprint density at radius 3 is 2.33 bits per heavy atom. The van der Waals surface area contributed by atoms with Gasteiger partial charge >= 0.3 is 0 Å². The van der Waals surface area contributed by atoms with Gasteiger partial charge in [-0.15, -0.1) is 11.6 Å². The number of rotatable bonds is 2. The summed E-state index contributed by atoms with van der Waals surface area (Å²) in [4.78, 5) is 0. The number of hydrogen-bond donors (Lipinski definition) is 0. The maximum Gasteiger partial charge on any atom is 0.0844 e.